The van der Waals surface area contributed by atoms with Crippen LogP contribution >= 0.6 is 11.3 Å². The molecule has 2 rings (SSSR count). The Balaban J connectivity index is 1.84. The Morgan fingerprint density at radius 1 is 1.25 bits per heavy atom. The fraction of sp³-hybridized carbons (Fsp3) is 0.353. The number of halogens is 2. The highest BCUT2D eigenvalue weighted by Crippen LogP contribution is 2.15. The Hall–Kier alpha value is -2.15. The number of alkyl halides is 2. The number of thiophene rings is 1. The number of aliphatic imine (C=N–C) groups is 1. The maximum absolute atomic E-state index is 12.2. The molecular formula is C17H21F2N3OS. The first-order valence-corrected chi connectivity index (χ1v) is 8.44. The summed E-state index contributed by atoms with van der Waals surface area (Å²) in [5.41, 5.74) is 2.18. The van der Waals surface area contributed by atoms with E-state index in [1.165, 1.54) is 10.4 Å². The maximum atomic E-state index is 12.2. The van der Waals surface area contributed by atoms with Crippen molar-refractivity contribution in [3.05, 3.63) is 51.7 Å². The number of nitrogens with zero attached hydrogens (tertiary/aromatic N) is 1. The third kappa shape index (κ3) is 5.81. The molecule has 0 bridgehead atoms. The molecule has 2 aromatic rings. The third-order valence-electron chi connectivity index (χ3n) is 3.34. The Labute approximate surface area is 144 Å². The van der Waals surface area contributed by atoms with Gasteiger partial charge in [0.25, 0.3) is 6.43 Å². The van der Waals surface area contributed by atoms with Crippen molar-refractivity contribution in [1.82, 2.24) is 10.6 Å². The summed E-state index contributed by atoms with van der Waals surface area (Å²) in [5.74, 6) is 1.12. The van der Waals surface area contributed by atoms with E-state index in [-0.39, 0.29) is 0 Å². The second kappa shape index (κ2) is 9.22. The van der Waals surface area contributed by atoms with Crippen molar-refractivity contribution in [3.8, 4) is 5.75 Å². The smallest absolute Gasteiger partial charge is 0.272 e. The topological polar surface area (TPSA) is 45.7 Å². The van der Waals surface area contributed by atoms with Gasteiger partial charge in [-0.3, -0.25) is 4.99 Å². The SMILES string of the molecule is CN=C(NCc1cccc(OCC(F)F)c1)NCc1sccc1C. The maximum Gasteiger partial charge on any atom is 0.272 e. The van der Waals surface area contributed by atoms with E-state index in [1.54, 1.807) is 36.6 Å². The van der Waals surface area contributed by atoms with E-state index in [4.69, 9.17) is 4.74 Å². The molecule has 1 aromatic carbocycles. The summed E-state index contributed by atoms with van der Waals surface area (Å²) in [6.45, 7) is 2.71. The van der Waals surface area contributed by atoms with Gasteiger partial charge in [-0.1, -0.05) is 12.1 Å². The summed E-state index contributed by atoms with van der Waals surface area (Å²) in [6, 6.07) is 9.18. The first kappa shape index (κ1) is 18.2. The lowest BCUT2D eigenvalue weighted by molar-refractivity contribution is 0.0818. The zero-order valence-electron chi connectivity index (χ0n) is 13.7. The van der Waals surface area contributed by atoms with Crippen LogP contribution in [0.1, 0.15) is 16.0 Å². The van der Waals surface area contributed by atoms with Gasteiger partial charge in [-0.2, -0.15) is 0 Å². The lowest BCUT2D eigenvalue weighted by Gasteiger charge is -2.12. The van der Waals surface area contributed by atoms with E-state index in [2.05, 4.69) is 34.0 Å². The van der Waals surface area contributed by atoms with Gasteiger partial charge in [-0.05, 0) is 41.6 Å². The number of aryl methyl sites for hydroxylation is 1. The normalized spacial score (nSPS) is 11.6. The van der Waals surface area contributed by atoms with E-state index < -0.39 is 13.0 Å². The molecule has 1 aromatic heterocycles. The molecule has 0 radical (unpaired) electrons. The van der Waals surface area contributed by atoms with Crippen LogP contribution in [-0.4, -0.2) is 26.0 Å². The van der Waals surface area contributed by atoms with Crippen molar-refractivity contribution in [2.24, 2.45) is 4.99 Å². The second-order valence-electron chi connectivity index (χ2n) is 5.16. The quantitative estimate of drug-likeness (QED) is 0.591. The Kier molecular flexibility index (Phi) is 6.99. The predicted octanol–water partition coefficient (Wildman–Crippen LogP) is 3.57. The van der Waals surface area contributed by atoms with Crippen LogP contribution in [-0.2, 0) is 13.1 Å². The number of nitrogens with one attached hydrogen (secondary N) is 2. The second-order valence-corrected chi connectivity index (χ2v) is 6.16. The van der Waals surface area contributed by atoms with Crippen LogP contribution < -0.4 is 15.4 Å². The highest BCUT2D eigenvalue weighted by molar-refractivity contribution is 7.10. The molecule has 0 saturated carbocycles. The highest BCUT2D eigenvalue weighted by atomic mass is 32.1. The van der Waals surface area contributed by atoms with Crippen molar-refractivity contribution < 1.29 is 13.5 Å². The predicted molar refractivity (Wildman–Crippen MR) is 94.0 cm³/mol. The van der Waals surface area contributed by atoms with Gasteiger partial charge in [0.2, 0.25) is 0 Å². The minimum absolute atomic E-state index is 0.437. The van der Waals surface area contributed by atoms with Crippen molar-refractivity contribution in [2.75, 3.05) is 13.7 Å². The molecule has 2 N–H and O–H groups in total. The van der Waals surface area contributed by atoms with E-state index in [9.17, 15) is 8.78 Å². The number of hydrogen-bond acceptors (Lipinski definition) is 3. The number of guanidine groups is 1. The van der Waals surface area contributed by atoms with Gasteiger partial charge in [-0.25, -0.2) is 8.78 Å². The summed E-state index contributed by atoms with van der Waals surface area (Å²) in [7, 11) is 1.71. The molecule has 0 aliphatic heterocycles. The average Bonchev–Trinajstić information content (AvgIpc) is 2.98. The molecule has 0 aliphatic carbocycles. The fourth-order valence-corrected chi connectivity index (χ4v) is 2.91. The van der Waals surface area contributed by atoms with Gasteiger partial charge >= 0.3 is 0 Å². The Morgan fingerprint density at radius 3 is 2.71 bits per heavy atom. The molecule has 7 heteroatoms. The molecule has 0 fully saturated rings. The van der Waals surface area contributed by atoms with Crippen LogP contribution in [0.25, 0.3) is 0 Å². The highest BCUT2D eigenvalue weighted by Gasteiger charge is 2.05. The molecule has 1 heterocycles. The molecule has 0 saturated heterocycles. The molecule has 0 amide bonds. The Morgan fingerprint density at radius 2 is 2.04 bits per heavy atom. The molecule has 130 valence electrons. The van der Waals surface area contributed by atoms with E-state index in [0.29, 0.717) is 24.8 Å². The monoisotopic (exact) mass is 353 g/mol. The van der Waals surface area contributed by atoms with Crippen LogP contribution in [0.3, 0.4) is 0 Å². The van der Waals surface area contributed by atoms with Crippen molar-refractivity contribution in [3.63, 3.8) is 0 Å². The van der Waals surface area contributed by atoms with Crippen LogP contribution in [0.15, 0.2) is 40.7 Å². The summed E-state index contributed by atoms with van der Waals surface area (Å²) in [4.78, 5) is 5.45. The minimum Gasteiger partial charge on any atom is -0.488 e. The van der Waals surface area contributed by atoms with Gasteiger partial charge in [0, 0.05) is 18.5 Å². The fourth-order valence-electron chi connectivity index (χ4n) is 2.06. The average molecular weight is 353 g/mol. The zero-order chi connectivity index (χ0) is 17.4. The molecule has 0 spiro atoms. The van der Waals surface area contributed by atoms with E-state index in [0.717, 1.165) is 5.56 Å². The third-order valence-corrected chi connectivity index (χ3v) is 4.37. The zero-order valence-corrected chi connectivity index (χ0v) is 14.5. The molecule has 0 unspecified atom stereocenters. The first-order valence-electron chi connectivity index (χ1n) is 7.56. The molecule has 0 atom stereocenters. The van der Waals surface area contributed by atoms with E-state index in [1.807, 2.05) is 6.07 Å². The minimum atomic E-state index is -2.48. The Bertz CT molecular complexity index is 673. The van der Waals surface area contributed by atoms with Gasteiger partial charge in [0.05, 0.1) is 6.54 Å². The lowest BCUT2D eigenvalue weighted by Crippen LogP contribution is -2.36. The van der Waals surface area contributed by atoms with Gasteiger partial charge in [-0.15, -0.1) is 11.3 Å². The van der Waals surface area contributed by atoms with Crippen LogP contribution in [0, 0.1) is 6.92 Å². The van der Waals surface area contributed by atoms with Crippen molar-refractivity contribution >= 4 is 17.3 Å². The summed E-state index contributed by atoms with van der Waals surface area (Å²) in [5, 5.41) is 8.52. The summed E-state index contributed by atoms with van der Waals surface area (Å²) in [6.07, 6.45) is -2.48. The van der Waals surface area contributed by atoms with Crippen LogP contribution in [0.4, 0.5) is 8.78 Å². The number of rotatable bonds is 7. The summed E-state index contributed by atoms with van der Waals surface area (Å²) < 4.78 is 29.4. The van der Waals surface area contributed by atoms with Crippen LogP contribution in [0.5, 0.6) is 5.75 Å². The van der Waals surface area contributed by atoms with Gasteiger partial charge in [0.15, 0.2) is 5.96 Å². The standard InChI is InChI=1S/C17H21F2N3OS/c1-12-6-7-24-15(12)10-22-17(20-2)21-9-13-4-3-5-14(8-13)23-11-16(18)19/h3-8,16H,9-11H2,1-2H3,(H2,20,21,22). The largest absolute Gasteiger partial charge is 0.488 e. The number of benzene rings is 1. The number of ether oxygens (including phenoxy) is 1. The van der Waals surface area contributed by atoms with Crippen molar-refractivity contribution in [2.45, 2.75) is 26.4 Å². The van der Waals surface area contributed by atoms with Gasteiger partial charge < -0.3 is 15.4 Å². The first-order chi connectivity index (χ1) is 11.6. The summed E-state index contributed by atoms with van der Waals surface area (Å²) >= 11 is 1.70. The van der Waals surface area contributed by atoms with Crippen molar-refractivity contribution in [1.29, 1.82) is 0 Å². The number of hydrogen-bond donors (Lipinski definition) is 2. The molecule has 24 heavy (non-hydrogen) atoms. The van der Waals surface area contributed by atoms with Gasteiger partial charge in [0.1, 0.15) is 12.4 Å². The molecular weight excluding hydrogens is 332 g/mol. The molecule has 4 nitrogen and oxygen atoms in total. The lowest BCUT2D eigenvalue weighted by atomic mass is 10.2. The van der Waals surface area contributed by atoms with E-state index >= 15 is 0 Å². The molecule has 0 aliphatic rings. The van der Waals surface area contributed by atoms with Crippen LogP contribution in [0.2, 0.25) is 0 Å².